The second-order valence-electron chi connectivity index (χ2n) is 5.37. The molecule has 2 heterocycles. The molecule has 3 rings (SSSR count). The largest absolute Gasteiger partial charge is 0.368 e. The molecular formula is C17H15N5. The number of pyridine rings is 1. The van der Waals surface area contributed by atoms with Crippen molar-refractivity contribution in [2.45, 2.75) is 26.3 Å². The standard InChI is InChI=1S/C17H15N5/c1-11-9-16(20-12(2)7-8-18)22-15-6-4-3-5-14(15)21-17(22)13(11)10-19/h3-6,9,12,20H,7H2,1-2H3. The van der Waals surface area contributed by atoms with Crippen LogP contribution in [-0.2, 0) is 0 Å². The van der Waals surface area contributed by atoms with Crippen molar-refractivity contribution in [3.05, 3.63) is 41.5 Å². The maximum absolute atomic E-state index is 9.43. The van der Waals surface area contributed by atoms with Gasteiger partial charge >= 0.3 is 0 Å². The second-order valence-corrected chi connectivity index (χ2v) is 5.37. The average Bonchev–Trinajstić information content (AvgIpc) is 2.87. The van der Waals surface area contributed by atoms with E-state index in [-0.39, 0.29) is 6.04 Å². The van der Waals surface area contributed by atoms with E-state index in [1.165, 1.54) is 0 Å². The average molecular weight is 289 g/mol. The van der Waals surface area contributed by atoms with Crippen molar-refractivity contribution in [2.75, 3.05) is 5.32 Å². The summed E-state index contributed by atoms with van der Waals surface area (Å²) in [5.74, 6) is 0.850. The molecule has 2 aromatic heterocycles. The number of imidazole rings is 1. The molecule has 0 radical (unpaired) electrons. The van der Waals surface area contributed by atoms with Crippen LogP contribution in [0.25, 0.3) is 16.7 Å². The Morgan fingerprint density at radius 2 is 2.09 bits per heavy atom. The Bertz CT molecular complexity index is 939. The molecule has 5 heteroatoms. The Labute approximate surface area is 128 Å². The van der Waals surface area contributed by atoms with E-state index in [4.69, 9.17) is 5.26 Å². The van der Waals surface area contributed by atoms with Crippen LogP contribution in [0.1, 0.15) is 24.5 Å². The van der Waals surface area contributed by atoms with Crippen LogP contribution in [0.2, 0.25) is 0 Å². The zero-order valence-electron chi connectivity index (χ0n) is 12.5. The summed E-state index contributed by atoms with van der Waals surface area (Å²) in [4.78, 5) is 4.60. The molecule has 0 aliphatic heterocycles. The second kappa shape index (κ2) is 5.38. The van der Waals surface area contributed by atoms with Gasteiger partial charge in [-0.15, -0.1) is 0 Å². The molecule has 0 aliphatic carbocycles. The lowest BCUT2D eigenvalue weighted by Crippen LogP contribution is -2.17. The first-order valence-electron chi connectivity index (χ1n) is 7.10. The van der Waals surface area contributed by atoms with Gasteiger partial charge in [0.05, 0.1) is 29.1 Å². The fraction of sp³-hybridized carbons (Fsp3) is 0.235. The molecule has 3 aromatic rings. The van der Waals surface area contributed by atoms with E-state index in [0.29, 0.717) is 17.6 Å². The van der Waals surface area contributed by atoms with Crippen LogP contribution in [0.4, 0.5) is 5.82 Å². The van der Waals surface area contributed by atoms with Crippen LogP contribution in [0.15, 0.2) is 30.3 Å². The van der Waals surface area contributed by atoms with E-state index in [0.717, 1.165) is 22.4 Å². The maximum atomic E-state index is 9.43. The number of benzene rings is 1. The summed E-state index contributed by atoms with van der Waals surface area (Å²) in [5, 5.41) is 21.6. The molecule has 5 nitrogen and oxygen atoms in total. The van der Waals surface area contributed by atoms with Crippen molar-refractivity contribution < 1.29 is 0 Å². The Morgan fingerprint density at radius 1 is 1.32 bits per heavy atom. The van der Waals surface area contributed by atoms with Crippen molar-refractivity contribution in [3.63, 3.8) is 0 Å². The van der Waals surface area contributed by atoms with Crippen LogP contribution in [0.3, 0.4) is 0 Å². The van der Waals surface area contributed by atoms with E-state index >= 15 is 0 Å². The van der Waals surface area contributed by atoms with Crippen molar-refractivity contribution in [1.29, 1.82) is 10.5 Å². The molecule has 1 aromatic carbocycles. The maximum Gasteiger partial charge on any atom is 0.157 e. The number of hydrogen-bond acceptors (Lipinski definition) is 4. The first-order valence-corrected chi connectivity index (χ1v) is 7.10. The van der Waals surface area contributed by atoms with Gasteiger partial charge in [0.15, 0.2) is 5.65 Å². The number of nitriles is 2. The number of rotatable bonds is 3. The predicted octanol–water partition coefficient (Wildman–Crippen LogP) is 3.38. The van der Waals surface area contributed by atoms with E-state index < -0.39 is 0 Å². The zero-order chi connectivity index (χ0) is 15.7. The number of fused-ring (bicyclic) bond motifs is 3. The number of para-hydroxylation sites is 2. The lowest BCUT2D eigenvalue weighted by Gasteiger charge is -2.16. The highest BCUT2D eigenvalue weighted by Gasteiger charge is 2.15. The van der Waals surface area contributed by atoms with Gasteiger partial charge in [0, 0.05) is 6.04 Å². The van der Waals surface area contributed by atoms with Gasteiger partial charge in [-0.05, 0) is 37.6 Å². The Kier molecular flexibility index (Phi) is 3.40. The molecule has 108 valence electrons. The van der Waals surface area contributed by atoms with Gasteiger partial charge in [0.25, 0.3) is 0 Å². The van der Waals surface area contributed by atoms with Gasteiger partial charge in [-0.2, -0.15) is 10.5 Å². The number of aromatic nitrogens is 2. The van der Waals surface area contributed by atoms with Crippen LogP contribution < -0.4 is 5.32 Å². The molecule has 0 saturated carbocycles. The van der Waals surface area contributed by atoms with E-state index in [1.807, 2.05) is 48.6 Å². The van der Waals surface area contributed by atoms with Gasteiger partial charge in [-0.25, -0.2) is 4.98 Å². The van der Waals surface area contributed by atoms with E-state index in [1.54, 1.807) is 0 Å². The van der Waals surface area contributed by atoms with Crippen molar-refractivity contribution in [3.8, 4) is 12.1 Å². The van der Waals surface area contributed by atoms with Gasteiger partial charge in [0.1, 0.15) is 11.9 Å². The van der Waals surface area contributed by atoms with Crippen LogP contribution in [-0.4, -0.2) is 15.4 Å². The highest BCUT2D eigenvalue weighted by molar-refractivity contribution is 5.85. The number of anilines is 1. The van der Waals surface area contributed by atoms with E-state index in [2.05, 4.69) is 22.4 Å². The molecule has 0 spiro atoms. The summed E-state index contributed by atoms with van der Waals surface area (Å²) in [6.07, 6.45) is 0.410. The summed E-state index contributed by atoms with van der Waals surface area (Å²) in [6, 6.07) is 14.1. The number of nitrogens with one attached hydrogen (secondary N) is 1. The minimum atomic E-state index is 0.0155. The highest BCUT2D eigenvalue weighted by Crippen LogP contribution is 2.27. The van der Waals surface area contributed by atoms with Gasteiger partial charge in [-0.3, -0.25) is 4.40 Å². The Morgan fingerprint density at radius 3 is 2.82 bits per heavy atom. The molecule has 0 fully saturated rings. The molecule has 0 saturated heterocycles. The van der Waals surface area contributed by atoms with Crippen LogP contribution in [0.5, 0.6) is 0 Å². The first kappa shape index (κ1) is 13.9. The number of aryl methyl sites for hydroxylation is 1. The third-order valence-corrected chi connectivity index (χ3v) is 3.68. The molecule has 22 heavy (non-hydrogen) atoms. The van der Waals surface area contributed by atoms with Crippen molar-refractivity contribution in [1.82, 2.24) is 9.38 Å². The lowest BCUT2D eigenvalue weighted by molar-refractivity contribution is 0.811. The Balaban J connectivity index is 2.32. The number of nitrogens with zero attached hydrogens (tertiary/aromatic N) is 4. The monoisotopic (exact) mass is 289 g/mol. The lowest BCUT2D eigenvalue weighted by atomic mass is 10.1. The quantitative estimate of drug-likeness (QED) is 0.801. The number of hydrogen-bond donors (Lipinski definition) is 1. The molecular weight excluding hydrogens is 274 g/mol. The summed E-state index contributed by atoms with van der Waals surface area (Å²) in [5.41, 5.74) is 3.89. The van der Waals surface area contributed by atoms with Gasteiger partial charge in [0.2, 0.25) is 0 Å². The Hall–Kier alpha value is -3.05. The normalized spacial score (nSPS) is 12.0. The smallest absolute Gasteiger partial charge is 0.157 e. The SMILES string of the molecule is Cc1cc(NC(C)CC#N)n2c(nc3ccccc32)c1C#N. The molecule has 1 unspecified atom stereocenters. The molecule has 0 amide bonds. The summed E-state index contributed by atoms with van der Waals surface area (Å²) in [6.45, 7) is 3.86. The molecule has 1 N–H and O–H groups in total. The highest BCUT2D eigenvalue weighted by atomic mass is 15.1. The van der Waals surface area contributed by atoms with Crippen molar-refractivity contribution >= 4 is 22.5 Å². The van der Waals surface area contributed by atoms with Gasteiger partial charge < -0.3 is 5.32 Å². The first-order chi connectivity index (χ1) is 10.7. The third-order valence-electron chi connectivity index (χ3n) is 3.68. The van der Waals surface area contributed by atoms with Crippen LogP contribution >= 0.6 is 0 Å². The summed E-state index contributed by atoms with van der Waals surface area (Å²) >= 11 is 0. The fourth-order valence-electron chi connectivity index (χ4n) is 2.64. The topological polar surface area (TPSA) is 76.9 Å². The summed E-state index contributed by atoms with van der Waals surface area (Å²) < 4.78 is 1.95. The summed E-state index contributed by atoms with van der Waals surface area (Å²) in [7, 11) is 0. The third kappa shape index (κ3) is 2.13. The van der Waals surface area contributed by atoms with Crippen LogP contribution in [0, 0.1) is 29.6 Å². The molecule has 0 bridgehead atoms. The molecule has 1 atom stereocenters. The minimum Gasteiger partial charge on any atom is -0.368 e. The van der Waals surface area contributed by atoms with Gasteiger partial charge in [-0.1, -0.05) is 12.1 Å². The van der Waals surface area contributed by atoms with Crippen molar-refractivity contribution in [2.24, 2.45) is 0 Å². The predicted molar refractivity (Wildman–Crippen MR) is 85.5 cm³/mol. The van der Waals surface area contributed by atoms with E-state index in [9.17, 15) is 5.26 Å². The fourth-order valence-corrected chi connectivity index (χ4v) is 2.64. The molecule has 0 aliphatic rings. The minimum absolute atomic E-state index is 0.0155. The zero-order valence-corrected chi connectivity index (χ0v) is 12.5.